The van der Waals surface area contributed by atoms with Crippen molar-refractivity contribution in [3.05, 3.63) is 0 Å². The van der Waals surface area contributed by atoms with Crippen LogP contribution in [0.3, 0.4) is 0 Å². The molecule has 0 aliphatic heterocycles. The van der Waals surface area contributed by atoms with E-state index in [9.17, 15) is 9.59 Å². The maximum absolute atomic E-state index is 10.9. The number of rotatable bonds is 7. The van der Waals surface area contributed by atoms with E-state index in [1.807, 2.05) is 0 Å². The topological polar surface area (TPSA) is 90.7 Å². The summed E-state index contributed by atoms with van der Waals surface area (Å²) in [5, 5.41) is 2.86. The lowest BCUT2D eigenvalue weighted by Crippen LogP contribution is -2.37. The first-order valence-corrected chi connectivity index (χ1v) is 4.25. The van der Waals surface area contributed by atoms with E-state index in [1.165, 1.54) is 7.11 Å². The first-order chi connectivity index (χ1) is 6.57. The van der Waals surface area contributed by atoms with Gasteiger partial charge in [0.2, 0.25) is 5.91 Å². The number of amides is 1. The summed E-state index contributed by atoms with van der Waals surface area (Å²) in [4.78, 5) is 21.1. The summed E-state index contributed by atoms with van der Waals surface area (Å²) >= 11 is 0. The molecule has 6 heteroatoms. The van der Waals surface area contributed by atoms with Gasteiger partial charge in [0.1, 0.15) is 12.6 Å². The fraction of sp³-hybridized carbons (Fsp3) is 0.750. The van der Waals surface area contributed by atoms with Crippen molar-refractivity contribution in [2.45, 2.75) is 13.0 Å². The summed E-state index contributed by atoms with van der Waals surface area (Å²) in [6.07, 6.45) is 0. The van der Waals surface area contributed by atoms with E-state index in [0.29, 0.717) is 13.2 Å². The molecular weight excluding hydrogens is 188 g/mol. The quantitative estimate of drug-likeness (QED) is 0.395. The Balaban J connectivity index is 3.36. The van der Waals surface area contributed by atoms with Gasteiger partial charge in [-0.3, -0.25) is 9.59 Å². The minimum atomic E-state index is -0.508. The Kier molecular flexibility index (Phi) is 6.69. The number of nitrogens with two attached hydrogens (primary N) is 1. The van der Waals surface area contributed by atoms with E-state index in [-0.39, 0.29) is 18.6 Å². The molecule has 0 heterocycles. The number of ether oxygens (including phenoxy) is 2. The van der Waals surface area contributed by atoms with Gasteiger partial charge in [-0.15, -0.1) is 0 Å². The highest BCUT2D eigenvalue weighted by atomic mass is 16.5. The van der Waals surface area contributed by atoms with Gasteiger partial charge in [-0.2, -0.15) is 0 Å². The van der Waals surface area contributed by atoms with Crippen LogP contribution in [-0.2, 0) is 19.1 Å². The third kappa shape index (κ3) is 6.38. The van der Waals surface area contributed by atoms with Crippen LogP contribution in [-0.4, -0.2) is 44.8 Å². The van der Waals surface area contributed by atoms with Gasteiger partial charge in [-0.05, 0) is 6.92 Å². The number of carbonyl (C=O) groups excluding carboxylic acids is 2. The Morgan fingerprint density at radius 3 is 2.64 bits per heavy atom. The van der Waals surface area contributed by atoms with E-state index < -0.39 is 5.91 Å². The summed E-state index contributed by atoms with van der Waals surface area (Å²) in [6.45, 7) is 2.36. The number of primary amides is 1. The number of hydrogen-bond donors (Lipinski definition) is 2. The lowest BCUT2D eigenvalue weighted by atomic mass is 10.3. The van der Waals surface area contributed by atoms with Gasteiger partial charge in [-0.25, -0.2) is 0 Å². The summed E-state index contributed by atoms with van der Waals surface area (Å²) in [7, 11) is 1.32. The Morgan fingerprint density at radius 1 is 1.50 bits per heavy atom. The zero-order valence-electron chi connectivity index (χ0n) is 8.41. The molecule has 0 aromatic rings. The van der Waals surface area contributed by atoms with Gasteiger partial charge in [0.05, 0.1) is 13.7 Å². The van der Waals surface area contributed by atoms with Crippen molar-refractivity contribution in [1.82, 2.24) is 5.32 Å². The van der Waals surface area contributed by atoms with E-state index in [4.69, 9.17) is 10.5 Å². The van der Waals surface area contributed by atoms with Gasteiger partial charge in [-0.1, -0.05) is 0 Å². The summed E-state index contributed by atoms with van der Waals surface area (Å²) in [5.74, 6) is -0.842. The SMILES string of the molecule is COC(=O)C(C)NCCOCC(N)=O. The predicted octanol–water partition coefficient (Wildman–Crippen LogP) is -1.36. The van der Waals surface area contributed by atoms with E-state index in [2.05, 4.69) is 10.1 Å². The minimum Gasteiger partial charge on any atom is -0.468 e. The van der Waals surface area contributed by atoms with Crippen molar-refractivity contribution in [3.63, 3.8) is 0 Å². The summed E-state index contributed by atoms with van der Waals surface area (Å²) in [6, 6.07) is -0.378. The second-order valence-corrected chi connectivity index (χ2v) is 2.72. The number of methoxy groups -OCH3 is 1. The lowest BCUT2D eigenvalue weighted by molar-refractivity contribution is -0.142. The summed E-state index contributed by atoms with van der Waals surface area (Å²) in [5.41, 5.74) is 4.85. The number of esters is 1. The van der Waals surface area contributed by atoms with Crippen molar-refractivity contribution >= 4 is 11.9 Å². The highest BCUT2D eigenvalue weighted by Crippen LogP contribution is 1.84. The zero-order chi connectivity index (χ0) is 11.0. The third-order valence-corrected chi connectivity index (χ3v) is 1.50. The Morgan fingerprint density at radius 2 is 2.14 bits per heavy atom. The fourth-order valence-corrected chi connectivity index (χ4v) is 0.780. The molecule has 0 aromatic carbocycles. The second-order valence-electron chi connectivity index (χ2n) is 2.72. The highest BCUT2D eigenvalue weighted by molar-refractivity contribution is 5.75. The molecule has 14 heavy (non-hydrogen) atoms. The Bertz CT molecular complexity index is 196. The van der Waals surface area contributed by atoms with Gasteiger partial charge < -0.3 is 20.5 Å². The van der Waals surface area contributed by atoms with Crippen LogP contribution in [0.1, 0.15) is 6.92 Å². The second kappa shape index (κ2) is 7.28. The predicted molar refractivity (Wildman–Crippen MR) is 49.5 cm³/mol. The van der Waals surface area contributed by atoms with Gasteiger partial charge in [0, 0.05) is 6.54 Å². The maximum Gasteiger partial charge on any atom is 0.322 e. The van der Waals surface area contributed by atoms with Gasteiger partial charge >= 0.3 is 5.97 Å². The molecule has 0 bridgehead atoms. The largest absolute Gasteiger partial charge is 0.468 e. The molecule has 0 saturated carbocycles. The molecule has 0 aliphatic carbocycles. The fourth-order valence-electron chi connectivity index (χ4n) is 0.780. The molecule has 1 unspecified atom stereocenters. The van der Waals surface area contributed by atoms with Crippen LogP contribution in [0.2, 0.25) is 0 Å². The third-order valence-electron chi connectivity index (χ3n) is 1.50. The molecule has 0 rings (SSSR count). The molecule has 0 spiro atoms. The van der Waals surface area contributed by atoms with Crippen molar-refractivity contribution in [2.24, 2.45) is 5.73 Å². The van der Waals surface area contributed by atoms with Gasteiger partial charge in [0.15, 0.2) is 0 Å². The van der Waals surface area contributed by atoms with E-state index >= 15 is 0 Å². The number of nitrogens with one attached hydrogen (secondary N) is 1. The summed E-state index contributed by atoms with van der Waals surface area (Å²) < 4.78 is 9.36. The lowest BCUT2D eigenvalue weighted by Gasteiger charge is -2.10. The van der Waals surface area contributed by atoms with Gasteiger partial charge in [0.25, 0.3) is 0 Å². The average Bonchev–Trinajstić information content (AvgIpc) is 2.15. The molecule has 1 amide bonds. The molecule has 0 fully saturated rings. The van der Waals surface area contributed by atoms with Crippen molar-refractivity contribution in [2.75, 3.05) is 26.9 Å². The normalized spacial score (nSPS) is 12.1. The monoisotopic (exact) mass is 204 g/mol. The number of hydrogen-bond acceptors (Lipinski definition) is 5. The molecule has 0 radical (unpaired) electrons. The van der Waals surface area contributed by atoms with Crippen LogP contribution in [0.4, 0.5) is 0 Å². The molecule has 0 saturated heterocycles. The van der Waals surface area contributed by atoms with Crippen molar-refractivity contribution < 1.29 is 19.1 Å². The molecule has 0 aliphatic rings. The molecule has 6 nitrogen and oxygen atoms in total. The Labute approximate surface area is 82.7 Å². The average molecular weight is 204 g/mol. The maximum atomic E-state index is 10.9. The standard InChI is InChI=1S/C8H16N2O4/c1-6(8(12)13-2)10-3-4-14-5-7(9)11/h6,10H,3-5H2,1-2H3,(H2,9,11). The highest BCUT2D eigenvalue weighted by Gasteiger charge is 2.10. The molecule has 82 valence electrons. The molecule has 3 N–H and O–H groups in total. The zero-order valence-corrected chi connectivity index (χ0v) is 8.41. The minimum absolute atomic E-state index is 0.103. The van der Waals surface area contributed by atoms with E-state index in [1.54, 1.807) is 6.92 Å². The van der Waals surface area contributed by atoms with Crippen LogP contribution in [0.25, 0.3) is 0 Å². The Hall–Kier alpha value is -1.14. The van der Waals surface area contributed by atoms with Crippen molar-refractivity contribution in [1.29, 1.82) is 0 Å². The van der Waals surface area contributed by atoms with Crippen molar-refractivity contribution in [3.8, 4) is 0 Å². The van der Waals surface area contributed by atoms with Crippen LogP contribution in [0.5, 0.6) is 0 Å². The first kappa shape index (κ1) is 12.9. The van der Waals surface area contributed by atoms with Crippen LogP contribution in [0.15, 0.2) is 0 Å². The number of carbonyl (C=O) groups is 2. The van der Waals surface area contributed by atoms with Crippen LogP contribution < -0.4 is 11.1 Å². The van der Waals surface area contributed by atoms with Crippen LogP contribution in [0, 0.1) is 0 Å². The smallest absolute Gasteiger partial charge is 0.322 e. The molecule has 0 aromatic heterocycles. The molecular formula is C8H16N2O4. The molecule has 1 atom stereocenters. The van der Waals surface area contributed by atoms with Crippen LogP contribution >= 0.6 is 0 Å². The first-order valence-electron chi connectivity index (χ1n) is 4.25. The van der Waals surface area contributed by atoms with E-state index in [0.717, 1.165) is 0 Å².